The van der Waals surface area contributed by atoms with Crippen LogP contribution in [0, 0.1) is 6.92 Å². The Bertz CT molecular complexity index is 464. The van der Waals surface area contributed by atoms with E-state index in [-0.39, 0.29) is 0 Å². The molecular formula is C11H13BrN2S2. The van der Waals surface area contributed by atoms with Gasteiger partial charge >= 0.3 is 0 Å². The molecule has 5 heteroatoms. The molecule has 0 saturated heterocycles. The highest BCUT2D eigenvalue weighted by molar-refractivity contribution is 9.11. The summed E-state index contributed by atoms with van der Waals surface area (Å²) in [4.78, 5) is 4.48. The van der Waals surface area contributed by atoms with Crippen LogP contribution < -0.4 is 5.32 Å². The lowest BCUT2D eigenvalue weighted by Gasteiger charge is -2.10. The van der Waals surface area contributed by atoms with Gasteiger partial charge in [-0.05, 0) is 46.8 Å². The monoisotopic (exact) mass is 316 g/mol. The van der Waals surface area contributed by atoms with Crippen LogP contribution in [-0.2, 0) is 6.54 Å². The fourth-order valence-electron chi connectivity index (χ4n) is 1.39. The molecule has 86 valence electrons. The maximum absolute atomic E-state index is 4.48. The second-order valence-corrected chi connectivity index (χ2v) is 7.01. The van der Waals surface area contributed by atoms with Crippen molar-refractivity contribution in [2.75, 3.05) is 0 Å². The third-order valence-corrected chi connectivity index (χ3v) is 4.66. The average Bonchev–Trinajstić information content (AvgIpc) is 2.84. The highest BCUT2D eigenvalue weighted by Gasteiger charge is 2.08. The fourth-order valence-corrected chi connectivity index (χ4v) is 3.31. The second kappa shape index (κ2) is 5.40. The van der Waals surface area contributed by atoms with Crippen molar-refractivity contribution in [3.63, 3.8) is 0 Å². The molecule has 0 radical (unpaired) electrons. The highest BCUT2D eigenvalue weighted by Crippen LogP contribution is 2.21. The summed E-state index contributed by atoms with van der Waals surface area (Å²) in [6, 6.07) is 2.46. The lowest BCUT2D eigenvalue weighted by atomic mass is 10.2. The van der Waals surface area contributed by atoms with Gasteiger partial charge in [-0.3, -0.25) is 0 Å². The van der Waals surface area contributed by atoms with Crippen LogP contribution in [0.15, 0.2) is 20.6 Å². The molecule has 2 nitrogen and oxygen atoms in total. The van der Waals surface area contributed by atoms with Crippen molar-refractivity contribution in [1.82, 2.24) is 10.3 Å². The van der Waals surface area contributed by atoms with Gasteiger partial charge in [-0.25, -0.2) is 4.98 Å². The largest absolute Gasteiger partial charge is 0.305 e. The molecule has 1 N–H and O–H groups in total. The molecule has 0 amide bonds. The Labute approximate surface area is 112 Å². The maximum Gasteiger partial charge on any atom is 0.0898 e. The number of hydrogen-bond donors (Lipinski definition) is 1. The van der Waals surface area contributed by atoms with E-state index >= 15 is 0 Å². The van der Waals surface area contributed by atoms with Gasteiger partial charge in [0, 0.05) is 18.0 Å². The summed E-state index contributed by atoms with van der Waals surface area (Å²) in [5, 5.41) is 8.88. The molecule has 0 aromatic carbocycles. The topological polar surface area (TPSA) is 24.9 Å². The summed E-state index contributed by atoms with van der Waals surface area (Å²) in [5.74, 6) is 0. The Hall–Kier alpha value is -0.230. The summed E-state index contributed by atoms with van der Waals surface area (Å²) < 4.78 is 1.18. The molecule has 2 aromatic heterocycles. The van der Waals surface area contributed by atoms with Crippen molar-refractivity contribution in [1.29, 1.82) is 0 Å². The van der Waals surface area contributed by atoms with E-state index in [1.165, 1.54) is 9.35 Å². The van der Waals surface area contributed by atoms with Crippen LogP contribution in [0.2, 0.25) is 0 Å². The van der Waals surface area contributed by atoms with E-state index in [1.54, 1.807) is 22.7 Å². The summed E-state index contributed by atoms with van der Waals surface area (Å²) >= 11 is 6.89. The summed E-state index contributed by atoms with van der Waals surface area (Å²) in [5.41, 5.74) is 2.45. The van der Waals surface area contributed by atoms with Gasteiger partial charge in [0.2, 0.25) is 0 Å². The van der Waals surface area contributed by atoms with E-state index in [0.29, 0.717) is 6.04 Å². The fraction of sp³-hybridized carbons (Fsp3) is 0.364. The van der Waals surface area contributed by atoms with E-state index in [2.05, 4.69) is 50.0 Å². The maximum atomic E-state index is 4.48. The predicted octanol–water partition coefficient (Wildman–Crippen LogP) is 4.13. The Kier molecular flexibility index (Phi) is 4.13. The first-order chi connectivity index (χ1) is 7.65. The van der Waals surface area contributed by atoms with E-state index in [9.17, 15) is 0 Å². The van der Waals surface area contributed by atoms with Crippen LogP contribution >= 0.6 is 38.6 Å². The summed E-state index contributed by atoms with van der Waals surface area (Å²) in [6.07, 6.45) is 0. The van der Waals surface area contributed by atoms with Gasteiger partial charge in [0.05, 0.1) is 14.5 Å². The first-order valence-electron chi connectivity index (χ1n) is 5.03. The minimum atomic E-state index is 0.309. The number of nitrogens with zero attached hydrogens (tertiary/aromatic N) is 1. The SMILES string of the molecule is Cc1nc(C(C)NCc2csc(Br)c2)cs1. The van der Waals surface area contributed by atoms with Crippen LogP contribution in [0.3, 0.4) is 0 Å². The van der Waals surface area contributed by atoms with E-state index in [0.717, 1.165) is 17.2 Å². The lowest BCUT2D eigenvalue weighted by Crippen LogP contribution is -2.17. The van der Waals surface area contributed by atoms with Crippen molar-refractivity contribution in [3.05, 3.63) is 36.9 Å². The van der Waals surface area contributed by atoms with Crippen molar-refractivity contribution >= 4 is 38.6 Å². The number of nitrogens with one attached hydrogen (secondary N) is 1. The molecule has 1 atom stereocenters. The number of hydrogen-bond acceptors (Lipinski definition) is 4. The molecule has 0 aliphatic carbocycles. The number of thiophene rings is 1. The zero-order valence-electron chi connectivity index (χ0n) is 9.16. The molecule has 1 unspecified atom stereocenters. The van der Waals surface area contributed by atoms with E-state index in [4.69, 9.17) is 0 Å². The first-order valence-corrected chi connectivity index (χ1v) is 7.58. The zero-order valence-corrected chi connectivity index (χ0v) is 12.4. The Balaban J connectivity index is 1.91. The van der Waals surface area contributed by atoms with Crippen molar-refractivity contribution in [2.45, 2.75) is 26.4 Å². The van der Waals surface area contributed by atoms with Crippen molar-refractivity contribution in [3.8, 4) is 0 Å². The second-order valence-electron chi connectivity index (χ2n) is 3.65. The highest BCUT2D eigenvalue weighted by atomic mass is 79.9. The summed E-state index contributed by atoms with van der Waals surface area (Å²) in [6.45, 7) is 5.08. The zero-order chi connectivity index (χ0) is 11.5. The van der Waals surface area contributed by atoms with E-state index < -0.39 is 0 Å². The van der Waals surface area contributed by atoms with Crippen LogP contribution in [0.25, 0.3) is 0 Å². The van der Waals surface area contributed by atoms with Gasteiger partial charge in [0.25, 0.3) is 0 Å². The van der Waals surface area contributed by atoms with Gasteiger partial charge in [-0.15, -0.1) is 22.7 Å². The van der Waals surface area contributed by atoms with Crippen LogP contribution in [0.4, 0.5) is 0 Å². The van der Waals surface area contributed by atoms with Crippen LogP contribution in [0.5, 0.6) is 0 Å². The molecule has 2 rings (SSSR count). The third kappa shape index (κ3) is 3.13. The molecule has 0 bridgehead atoms. The Morgan fingerprint density at radius 1 is 1.44 bits per heavy atom. The smallest absolute Gasteiger partial charge is 0.0898 e. The molecule has 16 heavy (non-hydrogen) atoms. The number of thiazole rings is 1. The predicted molar refractivity (Wildman–Crippen MR) is 74.1 cm³/mol. The number of aryl methyl sites for hydroxylation is 1. The molecule has 0 aliphatic heterocycles. The number of halogens is 1. The van der Waals surface area contributed by atoms with Crippen LogP contribution in [-0.4, -0.2) is 4.98 Å². The third-order valence-electron chi connectivity index (χ3n) is 2.31. The molecule has 0 saturated carbocycles. The van der Waals surface area contributed by atoms with Crippen molar-refractivity contribution < 1.29 is 0 Å². The molecule has 0 spiro atoms. The molecular weight excluding hydrogens is 304 g/mol. The Morgan fingerprint density at radius 3 is 2.81 bits per heavy atom. The van der Waals surface area contributed by atoms with E-state index in [1.807, 2.05) is 6.92 Å². The number of rotatable bonds is 4. The molecule has 0 fully saturated rings. The standard InChI is InChI=1S/C11H13BrN2S2/c1-7(10-6-15-8(2)14-10)13-4-9-3-11(12)16-5-9/h3,5-7,13H,4H2,1-2H3. The Morgan fingerprint density at radius 2 is 2.25 bits per heavy atom. The average molecular weight is 317 g/mol. The van der Waals surface area contributed by atoms with Crippen molar-refractivity contribution in [2.24, 2.45) is 0 Å². The quantitative estimate of drug-likeness (QED) is 0.917. The minimum Gasteiger partial charge on any atom is -0.305 e. The van der Waals surface area contributed by atoms with Gasteiger partial charge in [-0.1, -0.05) is 0 Å². The normalized spacial score (nSPS) is 12.9. The van der Waals surface area contributed by atoms with Gasteiger partial charge in [0.1, 0.15) is 0 Å². The summed E-state index contributed by atoms with van der Waals surface area (Å²) in [7, 11) is 0. The van der Waals surface area contributed by atoms with Crippen LogP contribution in [0.1, 0.15) is 29.2 Å². The lowest BCUT2D eigenvalue weighted by molar-refractivity contribution is 0.564. The minimum absolute atomic E-state index is 0.309. The van der Waals surface area contributed by atoms with Gasteiger partial charge in [0.15, 0.2) is 0 Å². The molecule has 2 heterocycles. The molecule has 2 aromatic rings. The number of aromatic nitrogens is 1. The van der Waals surface area contributed by atoms with Gasteiger partial charge < -0.3 is 5.32 Å². The first kappa shape index (κ1) is 12.2. The molecule has 0 aliphatic rings. The van der Waals surface area contributed by atoms with Gasteiger partial charge in [-0.2, -0.15) is 0 Å².